The summed E-state index contributed by atoms with van der Waals surface area (Å²) in [5.74, 6) is 0.857. The third-order valence-electron chi connectivity index (χ3n) is 2.50. The molecule has 0 aliphatic carbocycles. The zero-order valence-corrected chi connectivity index (χ0v) is 10.8. The third kappa shape index (κ3) is 2.23. The SMILES string of the molecule is Cc1ccnc(-c2noc(-c3ccc(C#N)s3)n2)c1. The van der Waals surface area contributed by atoms with E-state index in [2.05, 4.69) is 21.2 Å². The van der Waals surface area contributed by atoms with Gasteiger partial charge < -0.3 is 4.52 Å². The lowest BCUT2D eigenvalue weighted by atomic mass is 10.2. The van der Waals surface area contributed by atoms with Gasteiger partial charge in [0.1, 0.15) is 16.6 Å². The normalized spacial score (nSPS) is 10.3. The second-order valence-corrected chi connectivity index (χ2v) is 5.00. The minimum absolute atomic E-state index is 0.407. The van der Waals surface area contributed by atoms with Crippen LogP contribution in [0.5, 0.6) is 0 Å². The van der Waals surface area contributed by atoms with Crippen molar-refractivity contribution in [2.45, 2.75) is 6.92 Å². The smallest absolute Gasteiger partial charge is 0.268 e. The van der Waals surface area contributed by atoms with E-state index in [9.17, 15) is 0 Å². The first kappa shape index (κ1) is 11.6. The number of aryl methyl sites for hydroxylation is 1. The zero-order valence-electron chi connectivity index (χ0n) is 9.99. The number of nitrogens with zero attached hydrogens (tertiary/aromatic N) is 4. The van der Waals surface area contributed by atoms with Crippen molar-refractivity contribution in [1.82, 2.24) is 15.1 Å². The average Bonchev–Trinajstić information content (AvgIpc) is 3.07. The van der Waals surface area contributed by atoms with E-state index in [1.807, 2.05) is 19.1 Å². The highest BCUT2D eigenvalue weighted by Crippen LogP contribution is 2.27. The Morgan fingerprint density at radius 3 is 2.95 bits per heavy atom. The fourth-order valence-corrected chi connectivity index (χ4v) is 2.32. The fourth-order valence-electron chi connectivity index (χ4n) is 1.60. The van der Waals surface area contributed by atoms with E-state index in [1.54, 1.807) is 18.3 Å². The molecule has 92 valence electrons. The van der Waals surface area contributed by atoms with Crippen LogP contribution in [-0.2, 0) is 0 Å². The summed E-state index contributed by atoms with van der Waals surface area (Å²) in [6, 6.07) is 9.40. The van der Waals surface area contributed by atoms with Crippen molar-refractivity contribution in [2.75, 3.05) is 0 Å². The maximum atomic E-state index is 8.80. The predicted molar refractivity (Wildman–Crippen MR) is 70.3 cm³/mol. The molecule has 0 atom stereocenters. The molecule has 0 N–H and O–H groups in total. The Morgan fingerprint density at radius 1 is 1.32 bits per heavy atom. The highest BCUT2D eigenvalue weighted by atomic mass is 32.1. The van der Waals surface area contributed by atoms with Crippen LogP contribution in [0.3, 0.4) is 0 Å². The minimum atomic E-state index is 0.407. The van der Waals surface area contributed by atoms with Crippen LogP contribution >= 0.6 is 11.3 Å². The molecule has 0 aromatic carbocycles. The quantitative estimate of drug-likeness (QED) is 0.714. The molecule has 0 radical (unpaired) electrons. The number of thiophene rings is 1. The molecule has 0 saturated carbocycles. The maximum Gasteiger partial charge on any atom is 0.268 e. The first-order valence-electron chi connectivity index (χ1n) is 5.53. The number of nitriles is 1. The number of hydrogen-bond acceptors (Lipinski definition) is 6. The number of hydrogen-bond donors (Lipinski definition) is 0. The van der Waals surface area contributed by atoms with E-state index in [-0.39, 0.29) is 0 Å². The van der Waals surface area contributed by atoms with E-state index < -0.39 is 0 Å². The summed E-state index contributed by atoms with van der Waals surface area (Å²) in [6.07, 6.45) is 1.71. The summed E-state index contributed by atoms with van der Waals surface area (Å²) in [7, 11) is 0. The van der Waals surface area contributed by atoms with Gasteiger partial charge in [0.05, 0.1) is 4.88 Å². The summed E-state index contributed by atoms with van der Waals surface area (Å²) in [4.78, 5) is 9.90. The van der Waals surface area contributed by atoms with Crippen molar-refractivity contribution < 1.29 is 4.52 Å². The van der Waals surface area contributed by atoms with Gasteiger partial charge in [-0.2, -0.15) is 10.2 Å². The van der Waals surface area contributed by atoms with Gasteiger partial charge in [0, 0.05) is 6.20 Å². The summed E-state index contributed by atoms with van der Waals surface area (Å²) in [6.45, 7) is 1.98. The van der Waals surface area contributed by atoms with E-state index >= 15 is 0 Å². The van der Waals surface area contributed by atoms with Crippen LogP contribution in [0.25, 0.3) is 22.3 Å². The van der Waals surface area contributed by atoms with Crippen LogP contribution in [0.2, 0.25) is 0 Å². The Kier molecular flexibility index (Phi) is 2.82. The van der Waals surface area contributed by atoms with Gasteiger partial charge >= 0.3 is 0 Å². The molecule has 0 amide bonds. The Morgan fingerprint density at radius 2 is 2.21 bits per heavy atom. The predicted octanol–water partition coefficient (Wildman–Crippen LogP) is 3.04. The van der Waals surface area contributed by atoms with Gasteiger partial charge in [0.15, 0.2) is 0 Å². The van der Waals surface area contributed by atoms with Gasteiger partial charge in [-0.05, 0) is 36.8 Å². The Balaban J connectivity index is 1.97. The summed E-state index contributed by atoms with van der Waals surface area (Å²) < 4.78 is 5.20. The van der Waals surface area contributed by atoms with E-state index in [0.717, 1.165) is 10.4 Å². The molecule has 0 saturated heterocycles. The van der Waals surface area contributed by atoms with E-state index in [4.69, 9.17) is 9.78 Å². The molecule has 3 aromatic rings. The van der Waals surface area contributed by atoms with Crippen molar-refractivity contribution in [3.63, 3.8) is 0 Å². The van der Waals surface area contributed by atoms with Gasteiger partial charge in [-0.3, -0.25) is 4.98 Å². The van der Waals surface area contributed by atoms with Crippen molar-refractivity contribution in [1.29, 1.82) is 5.26 Å². The average molecular weight is 268 g/mol. The first-order chi connectivity index (χ1) is 9.26. The highest BCUT2D eigenvalue weighted by Gasteiger charge is 2.13. The Labute approximate surface area is 113 Å². The summed E-state index contributed by atoms with van der Waals surface area (Å²) >= 11 is 1.32. The lowest BCUT2D eigenvalue weighted by molar-refractivity contribution is 0.433. The van der Waals surface area contributed by atoms with Gasteiger partial charge in [-0.15, -0.1) is 11.3 Å². The standard InChI is InChI=1S/C13H8N4OS/c1-8-4-5-15-10(6-8)12-16-13(18-17-12)11-3-2-9(7-14)19-11/h2-6H,1H3. The molecule has 3 aromatic heterocycles. The number of aromatic nitrogens is 3. The van der Waals surface area contributed by atoms with Crippen LogP contribution < -0.4 is 0 Å². The molecule has 19 heavy (non-hydrogen) atoms. The molecular weight excluding hydrogens is 260 g/mol. The summed E-state index contributed by atoms with van der Waals surface area (Å²) in [5.41, 5.74) is 1.76. The Bertz CT molecular complexity index is 769. The molecule has 0 spiro atoms. The zero-order chi connectivity index (χ0) is 13.2. The molecule has 6 heteroatoms. The molecule has 3 heterocycles. The molecule has 0 bridgehead atoms. The molecule has 0 unspecified atom stereocenters. The minimum Gasteiger partial charge on any atom is -0.333 e. The molecular formula is C13H8N4OS. The fraction of sp³-hybridized carbons (Fsp3) is 0.0769. The summed E-state index contributed by atoms with van der Waals surface area (Å²) in [5, 5.41) is 12.7. The molecule has 3 rings (SSSR count). The van der Waals surface area contributed by atoms with Crippen molar-refractivity contribution in [2.24, 2.45) is 0 Å². The van der Waals surface area contributed by atoms with Crippen LogP contribution in [0.1, 0.15) is 10.4 Å². The monoisotopic (exact) mass is 268 g/mol. The molecule has 0 aliphatic rings. The van der Waals surface area contributed by atoms with Crippen molar-refractivity contribution >= 4 is 11.3 Å². The van der Waals surface area contributed by atoms with E-state index in [0.29, 0.717) is 22.3 Å². The lowest BCUT2D eigenvalue weighted by Gasteiger charge is -1.93. The van der Waals surface area contributed by atoms with Gasteiger partial charge in [0.2, 0.25) is 5.82 Å². The second kappa shape index (κ2) is 4.63. The molecule has 5 nitrogen and oxygen atoms in total. The largest absolute Gasteiger partial charge is 0.333 e. The second-order valence-electron chi connectivity index (χ2n) is 3.92. The highest BCUT2D eigenvalue weighted by molar-refractivity contribution is 7.15. The maximum absolute atomic E-state index is 8.80. The first-order valence-corrected chi connectivity index (χ1v) is 6.35. The molecule has 0 fully saturated rings. The van der Waals surface area contributed by atoms with Crippen LogP contribution in [0.15, 0.2) is 35.0 Å². The topological polar surface area (TPSA) is 75.6 Å². The van der Waals surface area contributed by atoms with Crippen molar-refractivity contribution in [3.8, 4) is 28.4 Å². The van der Waals surface area contributed by atoms with Crippen LogP contribution in [0.4, 0.5) is 0 Å². The molecule has 0 aliphatic heterocycles. The van der Waals surface area contributed by atoms with Gasteiger partial charge in [-0.25, -0.2) is 0 Å². The number of pyridine rings is 1. The van der Waals surface area contributed by atoms with Gasteiger partial charge in [0.25, 0.3) is 5.89 Å². The van der Waals surface area contributed by atoms with E-state index in [1.165, 1.54) is 11.3 Å². The van der Waals surface area contributed by atoms with Crippen molar-refractivity contribution in [3.05, 3.63) is 40.9 Å². The number of rotatable bonds is 2. The van der Waals surface area contributed by atoms with Gasteiger partial charge in [-0.1, -0.05) is 5.16 Å². The third-order valence-corrected chi connectivity index (χ3v) is 3.48. The lowest BCUT2D eigenvalue weighted by Crippen LogP contribution is -1.86. The van der Waals surface area contributed by atoms with Crippen LogP contribution in [-0.4, -0.2) is 15.1 Å². The Hall–Kier alpha value is -2.52. The van der Waals surface area contributed by atoms with Crippen LogP contribution in [0, 0.1) is 18.3 Å².